The van der Waals surface area contributed by atoms with Gasteiger partial charge in [0, 0.05) is 49.2 Å². The molecule has 6 nitrogen and oxygen atoms in total. The lowest BCUT2D eigenvalue weighted by Gasteiger charge is -2.35. The molecule has 4 aromatic carbocycles. The summed E-state index contributed by atoms with van der Waals surface area (Å²) < 4.78 is 44.7. The summed E-state index contributed by atoms with van der Waals surface area (Å²) in [6, 6.07) is 19.0. The monoisotopic (exact) mass is 1030 g/mol. The van der Waals surface area contributed by atoms with Crippen LogP contribution in [0.3, 0.4) is 0 Å². The molecule has 0 radical (unpaired) electrons. The second kappa shape index (κ2) is 18.4. The van der Waals surface area contributed by atoms with Gasteiger partial charge in [-0.15, -0.1) is 0 Å². The fourth-order valence-corrected chi connectivity index (χ4v) is 14.1. The smallest absolute Gasteiger partial charge is 0.387 e. The molecule has 0 aliphatic heterocycles. The van der Waals surface area contributed by atoms with Crippen LogP contribution in [0.5, 0.6) is 0 Å². The molecule has 2 saturated carbocycles. The standard InChI is InChI=1S/C65H94O6P2/c1-57(2,3)39-31-43-44-32-40(58(4,5)6)36-48(62(16,17)18)54(44)69-72(68-53(43)47(35-39)61(13,14)15)66-51-27-25-29-65(51)30-26-28-52(65)67-73-70-55-45(33-41(59(7,8)9)37-49(55)63(19,20)21)46-34-42(60(10,11)12)38-50(56(46)71-73)64(22,23)24/h31-38,51-52H,25-30H2,1-24H3. The number of hydrogen-bond acceptors (Lipinski definition) is 6. The van der Waals surface area contributed by atoms with E-state index in [2.05, 4.69) is 215 Å². The van der Waals surface area contributed by atoms with E-state index in [9.17, 15) is 0 Å². The van der Waals surface area contributed by atoms with Gasteiger partial charge in [-0.1, -0.05) is 203 Å². The molecule has 1 spiro atoms. The van der Waals surface area contributed by atoms with Gasteiger partial charge in [0.2, 0.25) is 0 Å². The van der Waals surface area contributed by atoms with E-state index in [-0.39, 0.29) is 60.9 Å². The van der Waals surface area contributed by atoms with Crippen molar-refractivity contribution in [1.29, 1.82) is 0 Å². The molecule has 0 saturated heterocycles. The molecule has 2 aliphatic rings. The van der Waals surface area contributed by atoms with E-state index in [1.807, 2.05) is 0 Å². The fraction of sp³-hybridized carbons (Fsp3) is 0.631. The Hall–Kier alpha value is -3.40. The molecule has 2 aromatic heterocycles. The van der Waals surface area contributed by atoms with Crippen molar-refractivity contribution in [2.45, 2.75) is 260 Å². The summed E-state index contributed by atoms with van der Waals surface area (Å²) in [6.45, 7) is 55.2. The zero-order valence-electron chi connectivity index (χ0n) is 49.9. The van der Waals surface area contributed by atoms with Gasteiger partial charge in [0.1, 0.15) is 22.3 Å². The Kier molecular flexibility index (Phi) is 14.1. The highest BCUT2D eigenvalue weighted by Crippen LogP contribution is 2.57. The zero-order chi connectivity index (χ0) is 54.2. The van der Waals surface area contributed by atoms with Crippen LogP contribution < -0.4 is 9.05 Å². The fourth-order valence-electron chi connectivity index (χ4n) is 11.4. The third kappa shape index (κ3) is 11.0. The number of hydrogen-bond donors (Lipinski definition) is 0. The van der Waals surface area contributed by atoms with E-state index in [1.54, 1.807) is 0 Å². The number of rotatable bonds is 4. The van der Waals surface area contributed by atoms with Crippen LogP contribution in [0.25, 0.3) is 43.9 Å². The van der Waals surface area contributed by atoms with Gasteiger partial charge in [-0.25, -0.2) is 0 Å². The lowest BCUT2D eigenvalue weighted by Crippen LogP contribution is -2.42. The maximum absolute atomic E-state index is 7.55. The first-order valence-electron chi connectivity index (χ1n) is 27.6. The van der Waals surface area contributed by atoms with Crippen LogP contribution in [-0.4, -0.2) is 12.2 Å². The second-order valence-electron chi connectivity index (χ2n) is 30.6. The van der Waals surface area contributed by atoms with E-state index in [0.717, 1.165) is 82.4 Å². The molecule has 8 rings (SSSR count). The van der Waals surface area contributed by atoms with E-state index in [4.69, 9.17) is 25.8 Å². The molecule has 400 valence electrons. The molecule has 2 unspecified atom stereocenters. The maximum Gasteiger partial charge on any atom is 0.387 e. The summed E-state index contributed by atoms with van der Waals surface area (Å²) in [5.74, 6) is 0. The summed E-state index contributed by atoms with van der Waals surface area (Å²) in [6.07, 6.45) is 5.52. The van der Waals surface area contributed by atoms with Gasteiger partial charge in [0.15, 0.2) is 0 Å². The summed E-state index contributed by atoms with van der Waals surface area (Å²) in [5, 5.41) is 4.33. The minimum atomic E-state index is -1.91. The minimum absolute atomic E-state index is 0.0877. The Morgan fingerprint density at radius 2 is 0.562 bits per heavy atom. The predicted molar refractivity (Wildman–Crippen MR) is 313 cm³/mol. The summed E-state index contributed by atoms with van der Waals surface area (Å²) in [5.41, 5.74) is 11.8. The SMILES string of the molecule is CC(C)(C)c1cc(C(C)(C)C)c2op(OC3CCCC34CCCC4Op3oc4c(C(C)(C)C)cc(C(C)(C)C)cc4c4cc(C(C)(C)C)cc(C(C)(C)C)c4o3)oc3c(C(C)(C)C)cc(C(C)(C)C)cc3c2c1. The van der Waals surface area contributed by atoms with Gasteiger partial charge in [-0.2, -0.15) is 0 Å². The Labute approximate surface area is 442 Å². The largest absolute Gasteiger partial charge is 0.399 e. The zero-order valence-corrected chi connectivity index (χ0v) is 51.6. The second-order valence-corrected chi connectivity index (χ2v) is 32.7. The highest BCUT2D eigenvalue weighted by molar-refractivity contribution is 7.32. The van der Waals surface area contributed by atoms with Crippen LogP contribution in [-0.2, 0) is 43.3 Å². The van der Waals surface area contributed by atoms with Gasteiger partial charge in [0.05, 0.1) is 12.2 Å². The average molecular weight is 1030 g/mol. The number of benzene rings is 4. The third-order valence-corrected chi connectivity index (χ3v) is 18.4. The first-order valence-corrected chi connectivity index (χ1v) is 29.8. The van der Waals surface area contributed by atoms with Crippen LogP contribution in [0, 0.1) is 5.41 Å². The highest BCUT2D eigenvalue weighted by atomic mass is 31.1. The highest BCUT2D eigenvalue weighted by Gasteiger charge is 2.54. The van der Waals surface area contributed by atoms with Crippen molar-refractivity contribution < 1.29 is 25.8 Å². The van der Waals surface area contributed by atoms with Gasteiger partial charge in [-0.05, 0) is 116 Å². The van der Waals surface area contributed by atoms with Crippen molar-refractivity contribution >= 4 is 60.4 Å². The molecule has 8 heteroatoms. The van der Waals surface area contributed by atoms with Gasteiger partial charge in [0.25, 0.3) is 0 Å². The molecule has 0 bridgehead atoms. The van der Waals surface area contributed by atoms with Crippen LogP contribution in [0.1, 0.15) is 249 Å². The molecule has 2 atom stereocenters. The molecule has 0 amide bonds. The summed E-state index contributed by atoms with van der Waals surface area (Å²) in [7, 11) is -3.83. The van der Waals surface area contributed by atoms with E-state index in [1.165, 1.54) is 44.5 Å². The van der Waals surface area contributed by atoms with Crippen LogP contribution in [0.2, 0.25) is 0 Å². The van der Waals surface area contributed by atoms with Crippen LogP contribution in [0.4, 0.5) is 0 Å². The summed E-state index contributed by atoms with van der Waals surface area (Å²) >= 11 is 0. The molecule has 6 aromatic rings. The average Bonchev–Trinajstić information content (AvgIpc) is 3.72. The van der Waals surface area contributed by atoms with Crippen LogP contribution >= 0.6 is 16.5 Å². The normalized spacial score (nSPS) is 19.9. The van der Waals surface area contributed by atoms with E-state index >= 15 is 0 Å². The molecule has 73 heavy (non-hydrogen) atoms. The third-order valence-electron chi connectivity index (χ3n) is 16.2. The van der Waals surface area contributed by atoms with Gasteiger partial charge >= 0.3 is 16.5 Å². The van der Waals surface area contributed by atoms with Crippen molar-refractivity contribution in [3.63, 3.8) is 0 Å². The molecule has 0 N–H and O–H groups in total. The van der Waals surface area contributed by atoms with Crippen molar-refractivity contribution in [2.24, 2.45) is 5.41 Å². The Bertz CT molecular complexity index is 2760. The van der Waals surface area contributed by atoms with E-state index < -0.39 is 16.5 Å². The van der Waals surface area contributed by atoms with Gasteiger partial charge < -0.3 is 16.8 Å². The lowest BCUT2D eigenvalue weighted by molar-refractivity contribution is 0.0313. The van der Waals surface area contributed by atoms with E-state index in [0.29, 0.717) is 0 Å². The molecule has 2 aliphatic carbocycles. The van der Waals surface area contributed by atoms with Gasteiger partial charge in [-0.3, -0.25) is 9.05 Å². The maximum atomic E-state index is 7.55. The summed E-state index contributed by atoms with van der Waals surface area (Å²) in [4.78, 5) is 0. The molecule has 2 heterocycles. The minimum Gasteiger partial charge on any atom is -0.399 e. The lowest BCUT2D eigenvalue weighted by atomic mass is 9.77. The first kappa shape index (κ1) is 55.8. The van der Waals surface area contributed by atoms with Crippen molar-refractivity contribution in [3.05, 3.63) is 93.0 Å². The topological polar surface area (TPSA) is 71.0 Å². The predicted octanol–water partition coefficient (Wildman–Crippen LogP) is 20.9. The Morgan fingerprint density at radius 1 is 0.342 bits per heavy atom. The Morgan fingerprint density at radius 3 is 0.753 bits per heavy atom. The number of fused-ring (bicyclic) bond motifs is 6. The molecule has 2 fully saturated rings. The molecular weight excluding hydrogens is 939 g/mol. The van der Waals surface area contributed by atoms with Crippen molar-refractivity contribution in [3.8, 4) is 0 Å². The van der Waals surface area contributed by atoms with Crippen LogP contribution in [0.15, 0.2) is 65.3 Å². The molecular formula is C65H94O6P2. The van der Waals surface area contributed by atoms with Crippen molar-refractivity contribution in [1.82, 2.24) is 0 Å². The Balaban J connectivity index is 1.36. The quantitative estimate of drug-likeness (QED) is 0.175. The van der Waals surface area contributed by atoms with Crippen molar-refractivity contribution in [2.75, 3.05) is 0 Å². The first-order chi connectivity index (χ1) is 33.2.